The Balaban J connectivity index is 1.93. The standard InChI is InChI=1S/C13H9N3O3S/c17-11(15-12-8(13(18)19)4-6-20-12)9-7-14-16-5-2-1-3-10(9)16/h1-7H,(H,15,17)(H,18,19). The van der Waals surface area contributed by atoms with Gasteiger partial charge in [-0.2, -0.15) is 5.10 Å². The van der Waals surface area contributed by atoms with Gasteiger partial charge in [0.05, 0.1) is 22.8 Å². The molecule has 0 unspecified atom stereocenters. The van der Waals surface area contributed by atoms with E-state index in [0.29, 0.717) is 16.1 Å². The molecule has 0 radical (unpaired) electrons. The maximum Gasteiger partial charge on any atom is 0.338 e. The zero-order chi connectivity index (χ0) is 14.1. The van der Waals surface area contributed by atoms with E-state index in [4.69, 9.17) is 5.11 Å². The number of nitrogens with zero attached hydrogens (tertiary/aromatic N) is 2. The summed E-state index contributed by atoms with van der Waals surface area (Å²) in [5, 5.41) is 17.6. The van der Waals surface area contributed by atoms with E-state index < -0.39 is 5.97 Å². The summed E-state index contributed by atoms with van der Waals surface area (Å²) >= 11 is 1.17. The van der Waals surface area contributed by atoms with Crippen molar-refractivity contribution in [2.75, 3.05) is 5.32 Å². The third-order valence-corrected chi connectivity index (χ3v) is 3.62. The summed E-state index contributed by atoms with van der Waals surface area (Å²) in [6.45, 7) is 0. The smallest absolute Gasteiger partial charge is 0.338 e. The summed E-state index contributed by atoms with van der Waals surface area (Å²) < 4.78 is 1.58. The Morgan fingerprint density at radius 1 is 1.25 bits per heavy atom. The number of aromatic carboxylic acids is 1. The second kappa shape index (κ2) is 4.78. The van der Waals surface area contributed by atoms with Crippen molar-refractivity contribution >= 4 is 33.7 Å². The first kappa shape index (κ1) is 12.4. The molecule has 6 nitrogen and oxygen atoms in total. The number of carboxylic acid groups (broad SMARTS) is 1. The van der Waals surface area contributed by atoms with E-state index in [0.717, 1.165) is 0 Å². The Hall–Kier alpha value is -2.67. The summed E-state index contributed by atoms with van der Waals surface area (Å²) in [7, 11) is 0. The number of thiophene rings is 1. The second-order valence-corrected chi connectivity index (χ2v) is 4.93. The highest BCUT2D eigenvalue weighted by molar-refractivity contribution is 7.14. The molecular weight excluding hydrogens is 278 g/mol. The Bertz CT molecular complexity index is 806. The molecular formula is C13H9N3O3S. The molecule has 0 aliphatic carbocycles. The molecule has 20 heavy (non-hydrogen) atoms. The van der Waals surface area contributed by atoms with Crippen LogP contribution in [-0.4, -0.2) is 26.6 Å². The number of carboxylic acids is 1. The van der Waals surface area contributed by atoms with E-state index in [-0.39, 0.29) is 11.5 Å². The van der Waals surface area contributed by atoms with Gasteiger partial charge in [0.15, 0.2) is 0 Å². The minimum atomic E-state index is -1.07. The molecule has 0 bridgehead atoms. The van der Waals surface area contributed by atoms with Crippen LogP contribution in [0.5, 0.6) is 0 Å². The zero-order valence-corrected chi connectivity index (χ0v) is 10.9. The topological polar surface area (TPSA) is 83.7 Å². The highest BCUT2D eigenvalue weighted by Gasteiger charge is 2.17. The molecule has 0 aliphatic rings. The van der Waals surface area contributed by atoms with Crippen molar-refractivity contribution in [2.24, 2.45) is 0 Å². The lowest BCUT2D eigenvalue weighted by molar-refractivity contribution is 0.0698. The van der Waals surface area contributed by atoms with Gasteiger partial charge in [0, 0.05) is 6.20 Å². The third kappa shape index (κ3) is 2.04. The molecule has 0 aromatic carbocycles. The third-order valence-electron chi connectivity index (χ3n) is 2.79. The van der Waals surface area contributed by atoms with Crippen LogP contribution in [0.2, 0.25) is 0 Å². The van der Waals surface area contributed by atoms with Crippen molar-refractivity contribution in [2.45, 2.75) is 0 Å². The lowest BCUT2D eigenvalue weighted by Gasteiger charge is -2.02. The van der Waals surface area contributed by atoms with Gasteiger partial charge >= 0.3 is 5.97 Å². The normalized spacial score (nSPS) is 10.6. The Morgan fingerprint density at radius 2 is 2.10 bits per heavy atom. The van der Waals surface area contributed by atoms with Crippen molar-refractivity contribution in [3.8, 4) is 0 Å². The average molecular weight is 287 g/mol. The van der Waals surface area contributed by atoms with Crippen LogP contribution < -0.4 is 5.32 Å². The molecule has 0 atom stereocenters. The van der Waals surface area contributed by atoms with Gasteiger partial charge in [0.2, 0.25) is 0 Å². The van der Waals surface area contributed by atoms with Gasteiger partial charge in [0.1, 0.15) is 5.00 Å². The lowest BCUT2D eigenvalue weighted by atomic mass is 10.2. The van der Waals surface area contributed by atoms with Crippen LogP contribution >= 0.6 is 11.3 Å². The minimum Gasteiger partial charge on any atom is -0.478 e. The van der Waals surface area contributed by atoms with Gasteiger partial charge in [-0.25, -0.2) is 9.31 Å². The number of hydrogen-bond donors (Lipinski definition) is 2. The summed E-state index contributed by atoms with van der Waals surface area (Å²) in [5.74, 6) is -1.45. The van der Waals surface area contributed by atoms with Gasteiger partial charge in [-0.15, -0.1) is 11.3 Å². The predicted molar refractivity (Wildman–Crippen MR) is 74.4 cm³/mol. The molecule has 2 N–H and O–H groups in total. The van der Waals surface area contributed by atoms with Crippen molar-refractivity contribution in [3.05, 3.63) is 53.2 Å². The number of aromatic nitrogens is 2. The summed E-state index contributed by atoms with van der Waals surface area (Å²) in [4.78, 5) is 23.2. The first-order valence-electron chi connectivity index (χ1n) is 5.71. The van der Waals surface area contributed by atoms with Crippen molar-refractivity contribution in [1.29, 1.82) is 0 Å². The van der Waals surface area contributed by atoms with Crippen LogP contribution in [0.15, 0.2) is 42.0 Å². The molecule has 0 saturated heterocycles. The monoisotopic (exact) mass is 287 g/mol. The number of anilines is 1. The number of carbonyl (C=O) groups is 2. The van der Waals surface area contributed by atoms with Gasteiger partial charge in [-0.1, -0.05) is 6.07 Å². The molecule has 0 spiro atoms. The molecule has 1 amide bonds. The molecule has 0 aliphatic heterocycles. The van der Waals surface area contributed by atoms with Crippen LogP contribution in [0, 0.1) is 0 Å². The van der Waals surface area contributed by atoms with Gasteiger partial charge in [0.25, 0.3) is 5.91 Å². The van der Waals surface area contributed by atoms with Gasteiger partial charge in [-0.3, -0.25) is 4.79 Å². The largest absolute Gasteiger partial charge is 0.478 e. The quantitative estimate of drug-likeness (QED) is 0.774. The fourth-order valence-electron chi connectivity index (χ4n) is 1.85. The fourth-order valence-corrected chi connectivity index (χ4v) is 2.63. The summed E-state index contributed by atoms with van der Waals surface area (Å²) in [6.07, 6.45) is 3.19. The fraction of sp³-hybridized carbons (Fsp3) is 0. The molecule has 7 heteroatoms. The maximum atomic E-state index is 12.2. The van der Waals surface area contributed by atoms with Crippen LogP contribution in [0.4, 0.5) is 5.00 Å². The number of amides is 1. The SMILES string of the molecule is O=C(O)c1ccsc1NC(=O)c1cnn2ccccc12. The number of fused-ring (bicyclic) bond motifs is 1. The Labute approximate surface area is 117 Å². The van der Waals surface area contributed by atoms with Crippen molar-refractivity contribution in [1.82, 2.24) is 9.61 Å². The Kier molecular flexibility index (Phi) is 2.96. The lowest BCUT2D eigenvalue weighted by Crippen LogP contribution is -2.12. The number of rotatable bonds is 3. The molecule has 3 heterocycles. The number of carbonyl (C=O) groups excluding carboxylic acids is 1. The molecule has 3 aromatic heterocycles. The minimum absolute atomic E-state index is 0.0832. The summed E-state index contributed by atoms with van der Waals surface area (Å²) in [6, 6.07) is 6.85. The van der Waals surface area contributed by atoms with E-state index in [2.05, 4.69) is 10.4 Å². The van der Waals surface area contributed by atoms with E-state index in [1.165, 1.54) is 23.6 Å². The number of nitrogens with one attached hydrogen (secondary N) is 1. The van der Waals surface area contributed by atoms with Crippen LogP contribution in [0.25, 0.3) is 5.52 Å². The molecule has 3 rings (SSSR count). The first-order valence-corrected chi connectivity index (χ1v) is 6.59. The second-order valence-electron chi connectivity index (χ2n) is 4.01. The highest BCUT2D eigenvalue weighted by Crippen LogP contribution is 2.24. The van der Waals surface area contributed by atoms with Gasteiger partial charge < -0.3 is 10.4 Å². The van der Waals surface area contributed by atoms with E-state index >= 15 is 0 Å². The van der Waals surface area contributed by atoms with Crippen molar-refractivity contribution in [3.63, 3.8) is 0 Å². The molecule has 100 valence electrons. The molecule has 0 saturated carbocycles. The van der Waals surface area contributed by atoms with E-state index in [1.807, 2.05) is 12.1 Å². The molecule has 0 fully saturated rings. The average Bonchev–Trinajstić information content (AvgIpc) is 3.04. The van der Waals surface area contributed by atoms with Crippen LogP contribution in [0.3, 0.4) is 0 Å². The Morgan fingerprint density at radius 3 is 2.90 bits per heavy atom. The van der Waals surface area contributed by atoms with Crippen LogP contribution in [0.1, 0.15) is 20.7 Å². The number of hydrogen-bond acceptors (Lipinski definition) is 4. The van der Waals surface area contributed by atoms with Gasteiger partial charge in [-0.05, 0) is 23.6 Å². The zero-order valence-electron chi connectivity index (χ0n) is 10.1. The predicted octanol–water partition coefficient (Wildman–Crippen LogP) is 2.35. The van der Waals surface area contributed by atoms with Crippen LogP contribution in [-0.2, 0) is 0 Å². The van der Waals surface area contributed by atoms with E-state index in [1.54, 1.807) is 22.2 Å². The summed E-state index contributed by atoms with van der Waals surface area (Å²) in [5.41, 5.74) is 1.15. The molecule has 3 aromatic rings. The maximum absolute atomic E-state index is 12.2. The van der Waals surface area contributed by atoms with E-state index in [9.17, 15) is 9.59 Å². The first-order chi connectivity index (χ1) is 9.66. The van der Waals surface area contributed by atoms with Crippen molar-refractivity contribution < 1.29 is 14.7 Å². The highest BCUT2D eigenvalue weighted by atomic mass is 32.1. The number of pyridine rings is 1.